The molecule has 0 aliphatic rings. The maximum Gasteiger partial charge on any atom is 0.186 e. The molecule has 1 aromatic rings. The van der Waals surface area contributed by atoms with Crippen LogP contribution in [0.4, 0.5) is 5.82 Å². The third kappa shape index (κ3) is 4.49. The predicted molar refractivity (Wildman–Crippen MR) is 62.1 cm³/mol. The Hall–Kier alpha value is -1.51. The minimum Gasteiger partial charge on any atom is -0.308 e. The number of rotatable bonds is 2. The Morgan fingerprint density at radius 1 is 1.67 bits per heavy atom. The fourth-order valence-corrected chi connectivity index (χ4v) is 1.20. The summed E-state index contributed by atoms with van der Waals surface area (Å²) < 4.78 is 0. The van der Waals surface area contributed by atoms with Crippen molar-refractivity contribution in [2.45, 2.75) is 6.92 Å². The molecular formula is C10H11N3OS. The Labute approximate surface area is 92.6 Å². The Kier molecular flexibility index (Phi) is 4.68. The average molecular weight is 221 g/mol. The zero-order valence-corrected chi connectivity index (χ0v) is 9.10. The second-order valence-corrected chi connectivity index (χ2v) is 3.79. The molecule has 4 nitrogen and oxygen atoms in total. The zero-order chi connectivity index (χ0) is 11.1. The molecule has 0 aromatic carbocycles. The van der Waals surface area contributed by atoms with Crippen LogP contribution < -0.4 is 11.3 Å². The number of anilines is 1. The molecule has 78 valence electrons. The monoisotopic (exact) mass is 221 g/mol. The van der Waals surface area contributed by atoms with Crippen molar-refractivity contribution in [1.82, 2.24) is 4.98 Å². The summed E-state index contributed by atoms with van der Waals surface area (Å²) >= 11 is 1.18. The van der Waals surface area contributed by atoms with Gasteiger partial charge in [0, 0.05) is 6.92 Å². The first-order chi connectivity index (χ1) is 7.22. The van der Waals surface area contributed by atoms with E-state index in [9.17, 15) is 4.79 Å². The van der Waals surface area contributed by atoms with Gasteiger partial charge in [-0.25, -0.2) is 10.8 Å². The van der Waals surface area contributed by atoms with Gasteiger partial charge in [0.25, 0.3) is 0 Å². The van der Waals surface area contributed by atoms with E-state index in [2.05, 4.69) is 22.3 Å². The fourth-order valence-electron chi connectivity index (χ4n) is 0.849. The minimum absolute atomic E-state index is 0.0645. The van der Waals surface area contributed by atoms with Crippen molar-refractivity contribution in [1.29, 1.82) is 0 Å². The van der Waals surface area contributed by atoms with E-state index in [-0.39, 0.29) is 5.12 Å². The number of thioether (sulfide) groups is 1. The highest BCUT2D eigenvalue weighted by Gasteiger charge is 1.92. The highest BCUT2D eigenvalue weighted by molar-refractivity contribution is 8.13. The average Bonchev–Trinajstić information content (AvgIpc) is 2.24. The maximum absolute atomic E-state index is 10.6. The second-order valence-electron chi connectivity index (χ2n) is 2.63. The molecule has 0 amide bonds. The molecule has 5 heteroatoms. The summed E-state index contributed by atoms with van der Waals surface area (Å²) in [6, 6.07) is 5.34. The molecule has 0 aliphatic heterocycles. The van der Waals surface area contributed by atoms with Crippen molar-refractivity contribution in [2.24, 2.45) is 5.84 Å². The van der Waals surface area contributed by atoms with Gasteiger partial charge in [-0.15, -0.1) is 0 Å². The summed E-state index contributed by atoms with van der Waals surface area (Å²) in [5.74, 6) is 11.9. The van der Waals surface area contributed by atoms with Crippen LogP contribution in [0.1, 0.15) is 12.6 Å². The van der Waals surface area contributed by atoms with Crippen molar-refractivity contribution in [2.75, 3.05) is 11.2 Å². The lowest BCUT2D eigenvalue weighted by Gasteiger charge is -1.97. The van der Waals surface area contributed by atoms with Crippen LogP contribution in [0.15, 0.2) is 18.2 Å². The quantitative estimate of drug-likeness (QED) is 0.443. The highest BCUT2D eigenvalue weighted by Crippen LogP contribution is 2.02. The van der Waals surface area contributed by atoms with Crippen LogP contribution in [0, 0.1) is 11.8 Å². The third-order valence-corrected chi connectivity index (χ3v) is 2.16. The van der Waals surface area contributed by atoms with Crippen LogP contribution in [-0.2, 0) is 4.79 Å². The number of nitrogen functional groups attached to an aromatic ring is 1. The van der Waals surface area contributed by atoms with Crippen LogP contribution >= 0.6 is 11.8 Å². The topological polar surface area (TPSA) is 68.0 Å². The molecule has 0 saturated heterocycles. The largest absolute Gasteiger partial charge is 0.308 e. The molecule has 0 bridgehead atoms. The smallest absolute Gasteiger partial charge is 0.186 e. The van der Waals surface area contributed by atoms with Gasteiger partial charge in [-0.1, -0.05) is 23.7 Å². The molecule has 0 spiro atoms. The van der Waals surface area contributed by atoms with Gasteiger partial charge in [-0.2, -0.15) is 0 Å². The number of nitrogens with one attached hydrogen (secondary N) is 1. The molecule has 1 rings (SSSR count). The first-order valence-corrected chi connectivity index (χ1v) is 5.27. The molecule has 3 N–H and O–H groups in total. The lowest BCUT2D eigenvalue weighted by atomic mass is 10.3. The first kappa shape index (κ1) is 11.6. The second kappa shape index (κ2) is 6.06. The van der Waals surface area contributed by atoms with E-state index in [1.807, 2.05) is 6.07 Å². The zero-order valence-electron chi connectivity index (χ0n) is 8.28. The normalized spacial score (nSPS) is 8.93. The van der Waals surface area contributed by atoms with Gasteiger partial charge in [-0.3, -0.25) is 4.79 Å². The Balaban J connectivity index is 2.59. The molecule has 1 aromatic heterocycles. The lowest BCUT2D eigenvalue weighted by Crippen LogP contribution is -2.08. The van der Waals surface area contributed by atoms with Gasteiger partial charge in [0.15, 0.2) is 5.12 Å². The van der Waals surface area contributed by atoms with Crippen molar-refractivity contribution in [3.8, 4) is 11.8 Å². The number of hydrazine groups is 1. The number of carbonyl (C=O) groups excluding carboxylic acids is 1. The van der Waals surface area contributed by atoms with Crippen molar-refractivity contribution in [3.05, 3.63) is 23.9 Å². The van der Waals surface area contributed by atoms with Crippen LogP contribution in [0.25, 0.3) is 0 Å². The number of pyridine rings is 1. The van der Waals surface area contributed by atoms with Gasteiger partial charge in [-0.05, 0) is 18.1 Å². The molecule has 15 heavy (non-hydrogen) atoms. The number of hydrogen-bond acceptors (Lipinski definition) is 5. The van der Waals surface area contributed by atoms with Crippen molar-refractivity contribution in [3.63, 3.8) is 0 Å². The molecule has 0 saturated carbocycles. The maximum atomic E-state index is 10.6. The number of hydrogen-bond donors (Lipinski definition) is 2. The molecule has 0 radical (unpaired) electrons. The summed E-state index contributed by atoms with van der Waals surface area (Å²) in [5.41, 5.74) is 3.07. The molecule has 1 heterocycles. The number of aromatic nitrogens is 1. The van der Waals surface area contributed by atoms with Gasteiger partial charge >= 0.3 is 0 Å². The number of nitrogens with two attached hydrogens (primary N) is 1. The van der Waals surface area contributed by atoms with Gasteiger partial charge < -0.3 is 5.43 Å². The molecule has 0 atom stereocenters. The van der Waals surface area contributed by atoms with E-state index in [0.717, 1.165) is 0 Å². The number of nitrogens with zero attached hydrogens (tertiary/aromatic N) is 1. The Bertz CT molecular complexity index is 409. The van der Waals surface area contributed by atoms with Gasteiger partial charge in [0.2, 0.25) is 0 Å². The van der Waals surface area contributed by atoms with Crippen molar-refractivity contribution < 1.29 is 4.79 Å². The van der Waals surface area contributed by atoms with Crippen LogP contribution in [0.2, 0.25) is 0 Å². The van der Waals surface area contributed by atoms with E-state index < -0.39 is 0 Å². The minimum atomic E-state index is 0.0645. The lowest BCUT2D eigenvalue weighted by molar-refractivity contribution is -0.109. The standard InChI is InChI=1S/C10H11N3OS/c1-8(14)15-7-3-5-9-4-2-6-10(12-9)13-11/h2,4,6H,7,11H2,1H3,(H,12,13). The van der Waals surface area contributed by atoms with Gasteiger partial charge in [0.1, 0.15) is 11.5 Å². The summed E-state index contributed by atoms with van der Waals surface area (Å²) in [5, 5.41) is 0.0645. The van der Waals surface area contributed by atoms with Crippen LogP contribution in [0.5, 0.6) is 0 Å². The van der Waals surface area contributed by atoms with E-state index in [4.69, 9.17) is 5.84 Å². The van der Waals surface area contributed by atoms with E-state index in [0.29, 0.717) is 17.3 Å². The molecular weight excluding hydrogens is 210 g/mol. The Morgan fingerprint density at radius 3 is 3.13 bits per heavy atom. The summed E-state index contributed by atoms with van der Waals surface area (Å²) in [6.45, 7) is 1.52. The third-order valence-electron chi connectivity index (χ3n) is 1.46. The van der Waals surface area contributed by atoms with Crippen LogP contribution in [-0.4, -0.2) is 15.9 Å². The van der Waals surface area contributed by atoms with E-state index in [1.165, 1.54) is 18.7 Å². The van der Waals surface area contributed by atoms with E-state index in [1.54, 1.807) is 12.1 Å². The van der Waals surface area contributed by atoms with Crippen molar-refractivity contribution >= 4 is 22.7 Å². The molecule has 0 fully saturated rings. The predicted octanol–water partition coefficient (Wildman–Crippen LogP) is 0.998. The van der Waals surface area contributed by atoms with Gasteiger partial charge in [0.05, 0.1) is 5.75 Å². The highest BCUT2D eigenvalue weighted by atomic mass is 32.2. The Morgan fingerprint density at radius 2 is 2.47 bits per heavy atom. The summed E-state index contributed by atoms with van der Waals surface area (Å²) in [7, 11) is 0. The van der Waals surface area contributed by atoms with E-state index >= 15 is 0 Å². The number of carbonyl (C=O) groups is 1. The summed E-state index contributed by atoms with van der Waals surface area (Å²) in [4.78, 5) is 14.7. The SMILES string of the molecule is CC(=O)SCC#Cc1cccc(NN)n1. The summed E-state index contributed by atoms with van der Waals surface area (Å²) in [6.07, 6.45) is 0. The molecule has 0 aliphatic carbocycles. The molecule has 0 unspecified atom stereocenters. The fraction of sp³-hybridized carbons (Fsp3) is 0.200. The first-order valence-electron chi connectivity index (χ1n) is 4.28. The van der Waals surface area contributed by atoms with Crippen LogP contribution in [0.3, 0.4) is 0 Å².